The number of amides is 1. The van der Waals surface area contributed by atoms with Crippen LogP contribution in [-0.4, -0.2) is 44.6 Å². The Hall–Kier alpha value is -1.58. The van der Waals surface area contributed by atoms with Gasteiger partial charge in [0.25, 0.3) is 0 Å². The number of thiazole rings is 1. The van der Waals surface area contributed by atoms with Crippen LogP contribution < -0.4 is 9.62 Å². The van der Waals surface area contributed by atoms with E-state index < -0.39 is 10.0 Å². The monoisotopic (exact) mass is 371 g/mol. The summed E-state index contributed by atoms with van der Waals surface area (Å²) in [6.07, 6.45) is 3.02. The van der Waals surface area contributed by atoms with Crippen LogP contribution in [0.4, 0.5) is 10.8 Å². The third kappa shape index (κ3) is 4.69. The van der Waals surface area contributed by atoms with Crippen molar-refractivity contribution in [3.8, 4) is 11.3 Å². The first-order valence-electron chi connectivity index (χ1n) is 6.60. The van der Waals surface area contributed by atoms with Gasteiger partial charge in [0.1, 0.15) is 0 Å². The molecule has 1 N–H and O–H groups in total. The van der Waals surface area contributed by atoms with Crippen LogP contribution in [0.25, 0.3) is 11.3 Å². The van der Waals surface area contributed by atoms with Crippen LogP contribution in [0, 0.1) is 0 Å². The number of sulfonamides is 1. The molecule has 6 nitrogen and oxygen atoms in total. The fourth-order valence-electron chi connectivity index (χ4n) is 1.78. The molecule has 1 amide bonds. The molecule has 0 bridgehead atoms. The molecule has 0 aliphatic rings. The minimum Gasteiger partial charge on any atom is -0.301 e. The molecular formula is C14H17N3O3S3. The van der Waals surface area contributed by atoms with E-state index in [-0.39, 0.29) is 5.91 Å². The number of carbonyl (C=O) groups is 1. The number of nitrogens with zero attached hydrogens (tertiary/aromatic N) is 2. The number of hydrogen-bond donors (Lipinski definition) is 1. The largest absolute Gasteiger partial charge is 0.301 e. The summed E-state index contributed by atoms with van der Waals surface area (Å²) in [5, 5.41) is 5.15. The van der Waals surface area contributed by atoms with Crippen molar-refractivity contribution in [1.82, 2.24) is 4.98 Å². The van der Waals surface area contributed by atoms with Crippen molar-refractivity contribution in [2.24, 2.45) is 0 Å². The SMILES string of the molecule is CSCC(=O)Nc1nc(-c2ccc(N(C)S(C)(=O)=O)cc2)cs1. The summed E-state index contributed by atoms with van der Waals surface area (Å²) in [7, 11) is -1.77. The molecule has 23 heavy (non-hydrogen) atoms. The van der Waals surface area contributed by atoms with Crippen molar-refractivity contribution in [3.05, 3.63) is 29.6 Å². The molecule has 1 heterocycles. The van der Waals surface area contributed by atoms with Gasteiger partial charge in [-0.1, -0.05) is 12.1 Å². The van der Waals surface area contributed by atoms with Crippen LogP contribution >= 0.6 is 23.1 Å². The maximum atomic E-state index is 11.5. The molecule has 1 aromatic carbocycles. The number of aromatic nitrogens is 1. The highest BCUT2D eigenvalue weighted by molar-refractivity contribution is 7.99. The lowest BCUT2D eigenvalue weighted by atomic mass is 10.1. The Morgan fingerprint density at radius 3 is 2.57 bits per heavy atom. The second-order valence-electron chi connectivity index (χ2n) is 4.80. The number of anilines is 2. The average molecular weight is 372 g/mol. The summed E-state index contributed by atoms with van der Waals surface area (Å²) in [6, 6.07) is 7.06. The summed E-state index contributed by atoms with van der Waals surface area (Å²) < 4.78 is 24.3. The average Bonchev–Trinajstić information content (AvgIpc) is 2.94. The Labute approximate surface area is 144 Å². The molecule has 0 atom stereocenters. The van der Waals surface area contributed by atoms with Crippen LogP contribution in [0.15, 0.2) is 29.6 Å². The molecule has 0 unspecified atom stereocenters. The molecule has 1 aromatic heterocycles. The lowest BCUT2D eigenvalue weighted by Gasteiger charge is -2.16. The Kier molecular flexibility index (Phi) is 5.66. The molecule has 0 fully saturated rings. The van der Waals surface area contributed by atoms with E-state index in [4.69, 9.17) is 0 Å². The van der Waals surface area contributed by atoms with Gasteiger partial charge in [0, 0.05) is 18.0 Å². The van der Waals surface area contributed by atoms with Crippen molar-refractivity contribution in [2.75, 3.05) is 34.9 Å². The Morgan fingerprint density at radius 2 is 2.00 bits per heavy atom. The highest BCUT2D eigenvalue weighted by Gasteiger charge is 2.12. The van der Waals surface area contributed by atoms with E-state index in [1.807, 2.05) is 11.6 Å². The highest BCUT2D eigenvalue weighted by Crippen LogP contribution is 2.27. The van der Waals surface area contributed by atoms with Gasteiger partial charge in [0.2, 0.25) is 15.9 Å². The van der Waals surface area contributed by atoms with E-state index in [9.17, 15) is 13.2 Å². The Balaban J connectivity index is 2.14. The lowest BCUT2D eigenvalue weighted by molar-refractivity contribution is -0.113. The van der Waals surface area contributed by atoms with Gasteiger partial charge in [-0.3, -0.25) is 9.10 Å². The van der Waals surface area contributed by atoms with Crippen LogP contribution in [0.5, 0.6) is 0 Å². The van der Waals surface area contributed by atoms with Gasteiger partial charge in [0.15, 0.2) is 5.13 Å². The zero-order valence-electron chi connectivity index (χ0n) is 12.9. The van der Waals surface area contributed by atoms with Crippen molar-refractivity contribution in [2.45, 2.75) is 0 Å². The first kappa shape index (κ1) is 17.8. The number of nitrogens with one attached hydrogen (secondary N) is 1. The molecule has 2 aromatic rings. The standard InChI is InChI=1S/C14H17N3O3S3/c1-17(23(3,19)20)11-6-4-10(5-7-11)12-8-22-14(15-12)16-13(18)9-21-2/h4-8H,9H2,1-3H3,(H,15,16,18). The normalized spacial score (nSPS) is 11.3. The summed E-state index contributed by atoms with van der Waals surface area (Å²) >= 11 is 2.80. The number of thioether (sulfide) groups is 1. The molecular weight excluding hydrogens is 354 g/mol. The predicted molar refractivity (Wildman–Crippen MR) is 97.8 cm³/mol. The zero-order chi connectivity index (χ0) is 17.0. The molecule has 0 saturated carbocycles. The molecule has 0 aliphatic carbocycles. The summed E-state index contributed by atoms with van der Waals surface area (Å²) in [6.45, 7) is 0. The molecule has 0 radical (unpaired) electrons. The van der Waals surface area contributed by atoms with Gasteiger partial charge < -0.3 is 5.32 Å². The first-order valence-corrected chi connectivity index (χ1v) is 10.7. The summed E-state index contributed by atoms with van der Waals surface area (Å²) in [4.78, 5) is 15.9. The van der Waals surface area contributed by atoms with E-state index in [1.54, 1.807) is 24.3 Å². The topological polar surface area (TPSA) is 79.4 Å². The smallest absolute Gasteiger partial charge is 0.236 e. The van der Waals surface area contributed by atoms with Crippen LogP contribution in [0.3, 0.4) is 0 Å². The fourth-order valence-corrected chi connectivity index (χ4v) is 3.36. The minimum absolute atomic E-state index is 0.0801. The first-order chi connectivity index (χ1) is 10.8. The summed E-state index contributed by atoms with van der Waals surface area (Å²) in [5.41, 5.74) is 2.18. The van der Waals surface area contributed by atoms with Crippen molar-refractivity contribution in [1.29, 1.82) is 0 Å². The molecule has 0 aliphatic heterocycles. The van der Waals surface area contributed by atoms with Crippen molar-refractivity contribution >= 4 is 49.8 Å². The van der Waals surface area contributed by atoms with E-state index in [0.29, 0.717) is 16.6 Å². The zero-order valence-corrected chi connectivity index (χ0v) is 15.4. The van der Waals surface area contributed by atoms with Crippen molar-refractivity contribution in [3.63, 3.8) is 0 Å². The molecule has 2 rings (SSSR count). The van der Waals surface area contributed by atoms with E-state index in [2.05, 4.69) is 10.3 Å². The second kappa shape index (κ2) is 7.33. The number of hydrogen-bond acceptors (Lipinski definition) is 6. The van der Waals surface area contributed by atoms with Gasteiger partial charge in [-0.2, -0.15) is 11.8 Å². The predicted octanol–water partition coefficient (Wildman–Crippen LogP) is 2.51. The molecule has 0 saturated heterocycles. The van der Waals surface area contributed by atoms with E-state index in [1.165, 1.54) is 34.5 Å². The van der Waals surface area contributed by atoms with Gasteiger partial charge in [-0.05, 0) is 18.4 Å². The van der Waals surface area contributed by atoms with E-state index in [0.717, 1.165) is 17.5 Å². The third-order valence-corrected chi connectivity index (χ3v) is 5.56. The van der Waals surface area contributed by atoms with Crippen LogP contribution in [0.1, 0.15) is 0 Å². The molecule has 0 spiro atoms. The van der Waals surface area contributed by atoms with Gasteiger partial charge in [0.05, 0.1) is 23.4 Å². The second-order valence-corrected chi connectivity index (χ2v) is 8.53. The van der Waals surface area contributed by atoms with Gasteiger partial charge in [-0.25, -0.2) is 13.4 Å². The molecule has 9 heteroatoms. The maximum absolute atomic E-state index is 11.5. The van der Waals surface area contributed by atoms with Crippen LogP contribution in [0.2, 0.25) is 0 Å². The third-order valence-electron chi connectivity index (χ3n) is 3.05. The number of carbonyl (C=O) groups excluding carboxylic acids is 1. The molecule has 124 valence electrons. The number of benzene rings is 1. The van der Waals surface area contributed by atoms with E-state index >= 15 is 0 Å². The lowest BCUT2D eigenvalue weighted by Crippen LogP contribution is -2.24. The highest BCUT2D eigenvalue weighted by atomic mass is 32.2. The van der Waals surface area contributed by atoms with Gasteiger partial charge in [-0.15, -0.1) is 11.3 Å². The minimum atomic E-state index is -3.28. The summed E-state index contributed by atoms with van der Waals surface area (Å²) in [5.74, 6) is 0.310. The quantitative estimate of drug-likeness (QED) is 0.844. The fraction of sp³-hybridized carbons (Fsp3) is 0.286. The van der Waals surface area contributed by atoms with Gasteiger partial charge >= 0.3 is 0 Å². The maximum Gasteiger partial charge on any atom is 0.236 e. The van der Waals surface area contributed by atoms with Crippen LogP contribution in [-0.2, 0) is 14.8 Å². The van der Waals surface area contributed by atoms with Crippen molar-refractivity contribution < 1.29 is 13.2 Å². The Morgan fingerprint density at radius 1 is 1.35 bits per heavy atom. The Bertz CT molecular complexity index is 785. The number of rotatable bonds is 6.